The van der Waals surface area contributed by atoms with Gasteiger partial charge < -0.3 is 10.2 Å². The van der Waals surface area contributed by atoms with E-state index in [2.05, 4.69) is 5.32 Å². The van der Waals surface area contributed by atoms with Gasteiger partial charge in [-0.05, 0) is 31.2 Å². The van der Waals surface area contributed by atoms with Crippen LogP contribution in [-0.2, 0) is 0 Å². The van der Waals surface area contributed by atoms with E-state index < -0.39 is 5.82 Å². The average Bonchev–Trinajstić information content (AvgIpc) is 2.84. The van der Waals surface area contributed by atoms with Crippen LogP contribution in [0.2, 0.25) is 5.02 Å². The molecule has 1 atom stereocenters. The number of benzene rings is 1. The summed E-state index contributed by atoms with van der Waals surface area (Å²) in [5.41, 5.74) is 0.335. The lowest BCUT2D eigenvalue weighted by atomic mass is 10.1. The maximum atomic E-state index is 13.3. The zero-order valence-corrected chi connectivity index (χ0v) is 10.3. The first-order chi connectivity index (χ1) is 8.09. The molecule has 1 saturated heterocycles. The highest BCUT2D eigenvalue weighted by Gasteiger charge is 2.24. The predicted molar refractivity (Wildman–Crippen MR) is 64.8 cm³/mol. The molecule has 1 aromatic carbocycles. The minimum absolute atomic E-state index is 0.0340. The number of likely N-dealkylation sites (N-methyl/N-ethyl adjacent to an activating group) is 1. The Morgan fingerprint density at radius 1 is 1.59 bits per heavy atom. The Labute approximate surface area is 105 Å². The van der Waals surface area contributed by atoms with E-state index in [0.29, 0.717) is 5.56 Å². The van der Waals surface area contributed by atoms with Gasteiger partial charge in [0, 0.05) is 25.2 Å². The van der Waals surface area contributed by atoms with Gasteiger partial charge in [-0.2, -0.15) is 0 Å². The van der Waals surface area contributed by atoms with Crippen molar-refractivity contribution in [2.75, 3.05) is 20.1 Å². The summed E-state index contributed by atoms with van der Waals surface area (Å²) >= 11 is 5.58. The van der Waals surface area contributed by atoms with Gasteiger partial charge in [0.1, 0.15) is 5.82 Å². The molecule has 1 heterocycles. The quantitative estimate of drug-likeness (QED) is 0.877. The fourth-order valence-corrected chi connectivity index (χ4v) is 2.09. The number of halogens is 2. The van der Waals surface area contributed by atoms with Crippen molar-refractivity contribution in [1.82, 2.24) is 10.2 Å². The van der Waals surface area contributed by atoms with Gasteiger partial charge >= 0.3 is 0 Å². The van der Waals surface area contributed by atoms with E-state index in [1.165, 1.54) is 12.1 Å². The number of rotatable bonds is 2. The molecule has 2 rings (SSSR count). The molecule has 0 radical (unpaired) electrons. The number of hydrogen-bond donors (Lipinski definition) is 1. The lowest BCUT2D eigenvalue weighted by Gasteiger charge is -2.23. The van der Waals surface area contributed by atoms with Crippen molar-refractivity contribution in [3.05, 3.63) is 34.6 Å². The lowest BCUT2D eigenvalue weighted by Crippen LogP contribution is -2.38. The molecular weight excluding hydrogens is 243 g/mol. The van der Waals surface area contributed by atoms with Crippen LogP contribution in [0, 0.1) is 5.82 Å². The molecule has 17 heavy (non-hydrogen) atoms. The molecule has 1 amide bonds. The Hall–Kier alpha value is -1.13. The van der Waals surface area contributed by atoms with E-state index in [1.54, 1.807) is 18.0 Å². The van der Waals surface area contributed by atoms with Gasteiger partial charge in [0.2, 0.25) is 0 Å². The smallest absolute Gasteiger partial charge is 0.253 e. The molecule has 1 aromatic rings. The number of nitrogens with one attached hydrogen (secondary N) is 1. The number of amides is 1. The van der Waals surface area contributed by atoms with E-state index >= 15 is 0 Å². The highest BCUT2D eigenvalue weighted by Crippen LogP contribution is 2.18. The van der Waals surface area contributed by atoms with Crippen LogP contribution in [0.3, 0.4) is 0 Å². The predicted octanol–water partition coefficient (Wildman–Crippen LogP) is 1.91. The molecule has 0 aromatic heterocycles. The van der Waals surface area contributed by atoms with Crippen molar-refractivity contribution in [3.63, 3.8) is 0 Å². The second-order valence-electron chi connectivity index (χ2n) is 4.19. The molecule has 0 aliphatic carbocycles. The fourth-order valence-electron chi connectivity index (χ4n) is 1.97. The van der Waals surface area contributed by atoms with E-state index in [-0.39, 0.29) is 17.0 Å². The Balaban J connectivity index is 2.15. The second kappa shape index (κ2) is 5.02. The Bertz CT molecular complexity index is 433. The molecule has 0 bridgehead atoms. The summed E-state index contributed by atoms with van der Waals surface area (Å²) in [7, 11) is 1.74. The third-order valence-corrected chi connectivity index (χ3v) is 3.38. The van der Waals surface area contributed by atoms with Gasteiger partial charge in [0.05, 0.1) is 5.02 Å². The normalized spacial score (nSPS) is 19.4. The van der Waals surface area contributed by atoms with Crippen LogP contribution in [0.25, 0.3) is 0 Å². The third kappa shape index (κ3) is 2.58. The number of hydrogen-bond acceptors (Lipinski definition) is 2. The molecule has 3 nitrogen and oxygen atoms in total. The summed E-state index contributed by atoms with van der Waals surface area (Å²) in [6.45, 7) is 1.70. The van der Waals surface area contributed by atoms with Crippen molar-refractivity contribution in [2.45, 2.75) is 12.5 Å². The summed E-state index contributed by atoms with van der Waals surface area (Å²) in [5, 5.41) is 3.23. The molecular formula is C12H14ClFN2O. The molecule has 1 aliphatic rings. The highest BCUT2D eigenvalue weighted by molar-refractivity contribution is 6.30. The molecule has 1 unspecified atom stereocenters. The minimum Gasteiger partial charge on any atom is -0.337 e. The van der Waals surface area contributed by atoms with Crippen LogP contribution in [0.15, 0.2) is 18.2 Å². The van der Waals surface area contributed by atoms with Gasteiger partial charge in [-0.25, -0.2) is 4.39 Å². The van der Waals surface area contributed by atoms with Crippen LogP contribution in [0.1, 0.15) is 16.8 Å². The largest absolute Gasteiger partial charge is 0.337 e. The molecule has 0 saturated carbocycles. The van der Waals surface area contributed by atoms with Gasteiger partial charge in [-0.1, -0.05) is 11.6 Å². The molecule has 92 valence electrons. The SMILES string of the molecule is CN(C(=O)c1ccc(Cl)c(F)c1)C1CCNC1. The van der Waals surface area contributed by atoms with Crippen molar-refractivity contribution >= 4 is 17.5 Å². The van der Waals surface area contributed by atoms with E-state index in [1.807, 2.05) is 0 Å². The number of carbonyl (C=O) groups excluding carboxylic acids is 1. The second-order valence-corrected chi connectivity index (χ2v) is 4.60. The molecule has 5 heteroatoms. The lowest BCUT2D eigenvalue weighted by molar-refractivity contribution is 0.0743. The third-order valence-electron chi connectivity index (χ3n) is 3.07. The number of nitrogens with zero attached hydrogens (tertiary/aromatic N) is 1. The maximum Gasteiger partial charge on any atom is 0.253 e. The fraction of sp³-hybridized carbons (Fsp3) is 0.417. The minimum atomic E-state index is -0.560. The van der Waals surface area contributed by atoms with Crippen LogP contribution >= 0.6 is 11.6 Å². The van der Waals surface area contributed by atoms with E-state index in [9.17, 15) is 9.18 Å². The van der Waals surface area contributed by atoms with Crippen molar-refractivity contribution in [3.8, 4) is 0 Å². The first kappa shape index (κ1) is 12.3. The van der Waals surface area contributed by atoms with E-state index in [4.69, 9.17) is 11.6 Å². The van der Waals surface area contributed by atoms with Crippen molar-refractivity contribution in [2.24, 2.45) is 0 Å². The van der Waals surface area contributed by atoms with Gasteiger partial charge in [-0.3, -0.25) is 4.79 Å². The number of carbonyl (C=O) groups is 1. The van der Waals surface area contributed by atoms with Crippen molar-refractivity contribution < 1.29 is 9.18 Å². The molecule has 1 N–H and O–H groups in total. The Morgan fingerprint density at radius 2 is 2.35 bits per heavy atom. The highest BCUT2D eigenvalue weighted by atomic mass is 35.5. The summed E-state index contributed by atoms with van der Waals surface area (Å²) in [5.74, 6) is -0.732. The summed E-state index contributed by atoms with van der Waals surface area (Å²) < 4.78 is 13.3. The standard InChI is InChI=1S/C12H14ClFN2O/c1-16(9-4-5-15-7-9)12(17)8-2-3-10(13)11(14)6-8/h2-3,6,9,15H,4-5,7H2,1H3. The summed E-state index contributed by atoms with van der Waals surface area (Å²) in [6.07, 6.45) is 0.929. The monoisotopic (exact) mass is 256 g/mol. The molecule has 1 fully saturated rings. The molecule has 0 spiro atoms. The van der Waals surface area contributed by atoms with Gasteiger partial charge in [0.25, 0.3) is 5.91 Å². The zero-order valence-electron chi connectivity index (χ0n) is 9.54. The van der Waals surface area contributed by atoms with Gasteiger partial charge in [0.15, 0.2) is 0 Å². The van der Waals surface area contributed by atoms with Crippen LogP contribution in [-0.4, -0.2) is 37.0 Å². The van der Waals surface area contributed by atoms with Crippen LogP contribution in [0.5, 0.6) is 0 Å². The van der Waals surface area contributed by atoms with Crippen LogP contribution in [0.4, 0.5) is 4.39 Å². The van der Waals surface area contributed by atoms with E-state index in [0.717, 1.165) is 19.5 Å². The Morgan fingerprint density at radius 3 is 2.94 bits per heavy atom. The topological polar surface area (TPSA) is 32.3 Å². The first-order valence-electron chi connectivity index (χ1n) is 5.52. The summed E-state index contributed by atoms with van der Waals surface area (Å²) in [4.78, 5) is 13.7. The molecule has 1 aliphatic heterocycles. The average molecular weight is 257 g/mol. The zero-order chi connectivity index (χ0) is 12.4. The summed E-state index contributed by atoms with van der Waals surface area (Å²) in [6, 6.07) is 4.32. The Kier molecular flexibility index (Phi) is 3.64. The van der Waals surface area contributed by atoms with Gasteiger partial charge in [-0.15, -0.1) is 0 Å². The van der Waals surface area contributed by atoms with Crippen molar-refractivity contribution in [1.29, 1.82) is 0 Å². The first-order valence-corrected chi connectivity index (χ1v) is 5.90. The van der Waals surface area contributed by atoms with Crippen LogP contribution < -0.4 is 5.32 Å². The maximum absolute atomic E-state index is 13.3.